The molecule has 1 heterocycles. The molecule has 1 aromatic carbocycles. The predicted molar refractivity (Wildman–Crippen MR) is 67.8 cm³/mol. The van der Waals surface area contributed by atoms with E-state index in [9.17, 15) is 4.79 Å². The molecule has 0 atom stereocenters. The van der Waals surface area contributed by atoms with Crippen molar-refractivity contribution in [1.82, 2.24) is 0 Å². The number of piperidine rings is 1. The van der Waals surface area contributed by atoms with Crippen LogP contribution in [-0.2, 0) is 11.3 Å². The van der Waals surface area contributed by atoms with Crippen LogP contribution in [0.5, 0.6) is 0 Å². The van der Waals surface area contributed by atoms with Crippen molar-refractivity contribution in [1.29, 1.82) is 0 Å². The zero-order valence-corrected chi connectivity index (χ0v) is 10.5. The normalized spacial score (nSPS) is 24.5. The van der Waals surface area contributed by atoms with Gasteiger partial charge in [-0.25, -0.2) is 0 Å². The summed E-state index contributed by atoms with van der Waals surface area (Å²) in [6.45, 7) is 3.01. The molecule has 2 rings (SSSR count). The highest BCUT2D eigenvalue weighted by molar-refractivity contribution is 6.30. The number of hydrogen-bond acceptors (Lipinski definition) is 1. The molecule has 0 aromatic heterocycles. The van der Waals surface area contributed by atoms with Crippen molar-refractivity contribution < 1.29 is 9.69 Å². The Balaban J connectivity index is 1.88. The maximum absolute atomic E-state index is 11.1. The van der Waals surface area contributed by atoms with Crippen LogP contribution in [0.15, 0.2) is 24.3 Å². The molecule has 1 saturated heterocycles. The van der Waals surface area contributed by atoms with Gasteiger partial charge in [-0.05, 0) is 12.1 Å². The van der Waals surface area contributed by atoms with Crippen LogP contribution in [-0.4, -0.2) is 19.0 Å². The SMILES string of the molecule is NC(=O)C1CC[NH+](Cc2cccc(Cl)c2)CC1. The molecule has 0 bridgehead atoms. The van der Waals surface area contributed by atoms with Crippen molar-refractivity contribution in [3.63, 3.8) is 0 Å². The summed E-state index contributed by atoms with van der Waals surface area (Å²) in [5, 5.41) is 0.786. The van der Waals surface area contributed by atoms with Gasteiger partial charge in [0.2, 0.25) is 5.91 Å². The first-order chi connectivity index (χ1) is 8.15. The van der Waals surface area contributed by atoms with Crippen LogP contribution in [0.3, 0.4) is 0 Å². The number of likely N-dealkylation sites (tertiary alicyclic amines) is 1. The van der Waals surface area contributed by atoms with Crippen molar-refractivity contribution in [3.8, 4) is 0 Å². The number of rotatable bonds is 3. The molecular weight excluding hydrogens is 236 g/mol. The van der Waals surface area contributed by atoms with E-state index in [2.05, 4.69) is 6.07 Å². The number of halogens is 1. The van der Waals surface area contributed by atoms with Gasteiger partial charge in [-0.15, -0.1) is 0 Å². The summed E-state index contributed by atoms with van der Waals surface area (Å²) in [6, 6.07) is 7.97. The number of carbonyl (C=O) groups is 1. The van der Waals surface area contributed by atoms with E-state index in [4.69, 9.17) is 17.3 Å². The molecule has 1 aromatic rings. The second kappa shape index (κ2) is 5.52. The van der Waals surface area contributed by atoms with Gasteiger partial charge >= 0.3 is 0 Å². The number of primary amides is 1. The molecule has 1 amide bonds. The molecule has 0 radical (unpaired) electrons. The summed E-state index contributed by atoms with van der Waals surface area (Å²) in [4.78, 5) is 12.6. The number of quaternary nitrogens is 1. The quantitative estimate of drug-likeness (QED) is 0.815. The minimum atomic E-state index is -0.146. The van der Waals surface area contributed by atoms with Crippen LogP contribution >= 0.6 is 11.6 Å². The molecule has 0 saturated carbocycles. The van der Waals surface area contributed by atoms with Gasteiger partial charge < -0.3 is 10.6 Å². The van der Waals surface area contributed by atoms with Gasteiger partial charge in [0.15, 0.2) is 0 Å². The van der Waals surface area contributed by atoms with Crippen LogP contribution < -0.4 is 10.6 Å². The summed E-state index contributed by atoms with van der Waals surface area (Å²) >= 11 is 5.96. The molecule has 4 heteroatoms. The second-order valence-corrected chi connectivity index (χ2v) is 5.17. The van der Waals surface area contributed by atoms with Crippen molar-refractivity contribution >= 4 is 17.5 Å². The third kappa shape index (κ3) is 3.45. The fraction of sp³-hybridized carbons (Fsp3) is 0.462. The Kier molecular flexibility index (Phi) is 4.02. The molecule has 3 nitrogen and oxygen atoms in total. The Morgan fingerprint density at radius 2 is 2.12 bits per heavy atom. The van der Waals surface area contributed by atoms with Crippen LogP contribution in [0, 0.1) is 5.92 Å². The van der Waals surface area contributed by atoms with Crippen LogP contribution in [0.4, 0.5) is 0 Å². The Labute approximate surface area is 107 Å². The number of nitrogens with two attached hydrogens (primary N) is 1. The standard InChI is InChI=1S/C13H17ClN2O/c14-12-3-1-2-10(8-12)9-16-6-4-11(5-7-16)13(15)17/h1-3,8,11H,4-7,9H2,(H2,15,17)/p+1. The number of carbonyl (C=O) groups excluding carboxylic acids is 1. The highest BCUT2D eigenvalue weighted by Crippen LogP contribution is 2.11. The summed E-state index contributed by atoms with van der Waals surface area (Å²) in [5.41, 5.74) is 6.57. The largest absolute Gasteiger partial charge is 0.369 e. The molecule has 17 heavy (non-hydrogen) atoms. The second-order valence-electron chi connectivity index (χ2n) is 4.73. The average molecular weight is 254 g/mol. The lowest BCUT2D eigenvalue weighted by Crippen LogP contribution is -3.11. The Morgan fingerprint density at radius 3 is 2.71 bits per heavy atom. The molecule has 0 spiro atoms. The van der Waals surface area contributed by atoms with Crippen LogP contribution in [0.1, 0.15) is 18.4 Å². The molecular formula is C13H18ClN2O+. The maximum Gasteiger partial charge on any atom is 0.220 e. The van der Waals surface area contributed by atoms with E-state index in [0.29, 0.717) is 0 Å². The third-order valence-electron chi connectivity index (χ3n) is 3.44. The first kappa shape index (κ1) is 12.4. The molecule has 1 aliphatic rings. The van der Waals surface area contributed by atoms with Gasteiger partial charge in [-0.1, -0.05) is 23.7 Å². The van der Waals surface area contributed by atoms with Crippen LogP contribution in [0.25, 0.3) is 0 Å². The van der Waals surface area contributed by atoms with E-state index < -0.39 is 0 Å². The highest BCUT2D eigenvalue weighted by Gasteiger charge is 2.25. The highest BCUT2D eigenvalue weighted by atomic mass is 35.5. The third-order valence-corrected chi connectivity index (χ3v) is 3.67. The Hall–Kier alpha value is -1.06. The van der Waals surface area contributed by atoms with Crippen LogP contribution in [0.2, 0.25) is 5.02 Å². The fourth-order valence-electron chi connectivity index (χ4n) is 2.42. The monoisotopic (exact) mass is 253 g/mol. The molecule has 1 aliphatic heterocycles. The number of nitrogens with one attached hydrogen (secondary N) is 1. The summed E-state index contributed by atoms with van der Waals surface area (Å²) in [6.07, 6.45) is 1.82. The Morgan fingerprint density at radius 1 is 1.41 bits per heavy atom. The number of hydrogen-bond donors (Lipinski definition) is 2. The molecule has 0 aliphatic carbocycles. The van der Waals surface area contributed by atoms with E-state index in [1.165, 1.54) is 10.5 Å². The van der Waals surface area contributed by atoms with Gasteiger partial charge in [-0.3, -0.25) is 4.79 Å². The molecule has 3 N–H and O–H groups in total. The van der Waals surface area contributed by atoms with E-state index in [1.807, 2.05) is 18.2 Å². The predicted octanol–water partition coefficient (Wildman–Crippen LogP) is 0.620. The first-order valence-electron chi connectivity index (χ1n) is 6.02. The lowest BCUT2D eigenvalue weighted by Gasteiger charge is -2.27. The van der Waals surface area contributed by atoms with Crippen molar-refractivity contribution in [2.45, 2.75) is 19.4 Å². The van der Waals surface area contributed by atoms with E-state index >= 15 is 0 Å². The fourth-order valence-corrected chi connectivity index (χ4v) is 2.64. The van der Waals surface area contributed by atoms with Gasteiger partial charge in [0.05, 0.1) is 13.1 Å². The Bertz CT molecular complexity index is 400. The maximum atomic E-state index is 11.1. The van der Waals surface area contributed by atoms with E-state index in [1.54, 1.807) is 0 Å². The first-order valence-corrected chi connectivity index (χ1v) is 6.40. The lowest BCUT2D eigenvalue weighted by atomic mass is 9.96. The summed E-state index contributed by atoms with van der Waals surface area (Å²) in [7, 11) is 0. The number of amides is 1. The van der Waals surface area contributed by atoms with E-state index in [-0.39, 0.29) is 11.8 Å². The lowest BCUT2D eigenvalue weighted by molar-refractivity contribution is -0.919. The van der Waals surface area contributed by atoms with Gasteiger partial charge in [0, 0.05) is 29.3 Å². The zero-order chi connectivity index (χ0) is 12.3. The van der Waals surface area contributed by atoms with E-state index in [0.717, 1.165) is 37.5 Å². The number of benzene rings is 1. The molecule has 92 valence electrons. The van der Waals surface area contributed by atoms with Crippen molar-refractivity contribution in [2.75, 3.05) is 13.1 Å². The summed E-state index contributed by atoms with van der Waals surface area (Å²) < 4.78 is 0. The average Bonchev–Trinajstić information content (AvgIpc) is 2.29. The summed E-state index contributed by atoms with van der Waals surface area (Å²) in [5.74, 6) is -0.0649. The van der Waals surface area contributed by atoms with Gasteiger partial charge in [0.1, 0.15) is 6.54 Å². The van der Waals surface area contributed by atoms with Gasteiger partial charge in [0.25, 0.3) is 0 Å². The smallest absolute Gasteiger partial charge is 0.220 e. The minimum Gasteiger partial charge on any atom is -0.369 e. The molecule has 0 unspecified atom stereocenters. The zero-order valence-electron chi connectivity index (χ0n) is 9.79. The molecule has 1 fully saturated rings. The van der Waals surface area contributed by atoms with Crippen molar-refractivity contribution in [2.24, 2.45) is 11.7 Å². The minimum absolute atomic E-state index is 0.0816. The van der Waals surface area contributed by atoms with Gasteiger partial charge in [-0.2, -0.15) is 0 Å². The topological polar surface area (TPSA) is 47.5 Å². The van der Waals surface area contributed by atoms with Crippen molar-refractivity contribution in [3.05, 3.63) is 34.9 Å².